The fraction of sp³-hybridized carbons (Fsp3) is 0.346. The van der Waals surface area contributed by atoms with Crippen molar-refractivity contribution < 1.29 is 39.0 Å². The molecule has 190 valence electrons. The monoisotopic (exact) mass is 505 g/mol. The summed E-state index contributed by atoms with van der Waals surface area (Å²) >= 11 is 0. The average molecular weight is 505 g/mol. The molecule has 37 heavy (non-hydrogen) atoms. The lowest BCUT2D eigenvalue weighted by Crippen LogP contribution is -2.68. The summed E-state index contributed by atoms with van der Waals surface area (Å²) < 4.78 is 0. The largest absolute Gasteiger partial charge is 0.507 e. The van der Waals surface area contributed by atoms with Gasteiger partial charge in [-0.3, -0.25) is 28.8 Å². The van der Waals surface area contributed by atoms with E-state index in [0.29, 0.717) is 22.5 Å². The molecule has 11 nitrogen and oxygen atoms in total. The molecule has 5 atom stereocenters. The van der Waals surface area contributed by atoms with Crippen LogP contribution in [0.15, 0.2) is 30.5 Å². The van der Waals surface area contributed by atoms with Crippen molar-refractivity contribution in [2.24, 2.45) is 29.4 Å². The molecule has 3 aliphatic rings. The van der Waals surface area contributed by atoms with Gasteiger partial charge in [-0.15, -0.1) is 0 Å². The first-order valence-electron chi connectivity index (χ1n) is 11.7. The molecule has 0 saturated heterocycles. The van der Waals surface area contributed by atoms with E-state index in [0.717, 1.165) is 0 Å². The number of pyridine rings is 1. The number of ketones is 4. The van der Waals surface area contributed by atoms with Gasteiger partial charge in [-0.2, -0.15) is 0 Å². The number of aromatic hydroxyl groups is 1. The molecule has 0 aliphatic heterocycles. The zero-order chi connectivity index (χ0) is 26.8. The molecule has 2 saturated carbocycles. The number of aromatic nitrogens is 1. The first-order valence-corrected chi connectivity index (χ1v) is 11.7. The molecule has 0 bridgehead atoms. The van der Waals surface area contributed by atoms with Gasteiger partial charge in [0.15, 0.2) is 34.7 Å². The van der Waals surface area contributed by atoms with Crippen molar-refractivity contribution in [3.8, 4) is 16.9 Å². The Balaban J connectivity index is 1.56. The van der Waals surface area contributed by atoms with Crippen LogP contribution in [0.25, 0.3) is 11.1 Å². The quantitative estimate of drug-likeness (QED) is 0.426. The van der Waals surface area contributed by atoms with Gasteiger partial charge in [0.05, 0.1) is 11.5 Å². The third-order valence-electron chi connectivity index (χ3n) is 7.66. The molecule has 3 aliphatic carbocycles. The van der Waals surface area contributed by atoms with Gasteiger partial charge in [0.2, 0.25) is 11.8 Å². The number of phenolic OH excluding ortho intramolecular Hbond substituents is 1. The Hall–Kier alpha value is -4.25. The zero-order valence-corrected chi connectivity index (χ0v) is 19.7. The molecular weight excluding hydrogens is 482 g/mol. The lowest BCUT2D eigenvalue weighted by Gasteiger charge is -2.48. The summed E-state index contributed by atoms with van der Waals surface area (Å²) in [5.74, 6) is -10.5. The van der Waals surface area contributed by atoms with E-state index in [1.807, 2.05) is 0 Å². The molecule has 5 rings (SSSR count). The maximum absolute atomic E-state index is 13.6. The van der Waals surface area contributed by atoms with E-state index in [-0.39, 0.29) is 30.1 Å². The average Bonchev–Trinajstić information content (AvgIpc) is 2.81. The highest BCUT2D eigenvalue weighted by atomic mass is 16.3. The standard InChI is InChI=1S/C26H23N3O8/c1-10(30)29-18-5-2-11(9-28-18)14-3-4-16(31)20-15(14)7-12-6-13-8-17(32)21(25(27)36)24(35)26(13,37)23(34)19(12)22(20)33/h2-5,9,12-13,19,21,31,37H,6-8H2,1H3,(H2,27,36)(H,28,29,30)/t12-,13+,19?,21?,26+/m1/s1. The van der Waals surface area contributed by atoms with Crippen molar-refractivity contribution in [3.05, 3.63) is 41.6 Å². The summed E-state index contributed by atoms with van der Waals surface area (Å²) in [6.45, 7) is 1.35. The van der Waals surface area contributed by atoms with Gasteiger partial charge in [0.25, 0.3) is 0 Å². The Bertz CT molecular complexity index is 1420. The number of rotatable bonds is 3. The smallest absolute Gasteiger partial charge is 0.235 e. The van der Waals surface area contributed by atoms with Crippen LogP contribution in [0.4, 0.5) is 5.82 Å². The fourth-order valence-corrected chi connectivity index (χ4v) is 6.05. The number of nitrogens with zero attached hydrogens (tertiary/aromatic N) is 1. The summed E-state index contributed by atoms with van der Waals surface area (Å²) in [6.07, 6.45) is 1.27. The van der Waals surface area contributed by atoms with E-state index in [1.165, 1.54) is 19.2 Å². The Morgan fingerprint density at radius 1 is 1.08 bits per heavy atom. The van der Waals surface area contributed by atoms with Gasteiger partial charge in [-0.05, 0) is 48.1 Å². The van der Waals surface area contributed by atoms with Crippen molar-refractivity contribution in [3.63, 3.8) is 0 Å². The number of anilines is 1. The number of phenols is 1. The predicted molar refractivity (Wildman–Crippen MR) is 126 cm³/mol. The minimum atomic E-state index is -2.68. The van der Waals surface area contributed by atoms with Crippen LogP contribution in [-0.4, -0.2) is 55.7 Å². The van der Waals surface area contributed by atoms with Crippen molar-refractivity contribution in [2.45, 2.75) is 31.8 Å². The van der Waals surface area contributed by atoms with Crippen molar-refractivity contribution in [1.29, 1.82) is 0 Å². The van der Waals surface area contributed by atoms with E-state index in [2.05, 4.69) is 10.3 Å². The normalized spacial score (nSPS) is 28.7. The number of carbonyl (C=O) groups is 6. The summed E-state index contributed by atoms with van der Waals surface area (Å²) in [4.78, 5) is 79.8. The van der Waals surface area contributed by atoms with Crippen LogP contribution in [-0.2, 0) is 30.4 Å². The molecule has 0 radical (unpaired) electrons. The minimum Gasteiger partial charge on any atom is -0.507 e. The maximum atomic E-state index is 13.6. The minimum absolute atomic E-state index is 0.00979. The number of primary amides is 1. The SMILES string of the molecule is CC(=O)Nc1ccc(-c2ccc(O)c3c2C[C@H]2C[C@H]4CC(=O)C(C(N)=O)C(=O)[C@@]4(O)C(=O)C2C3=O)cn1. The highest BCUT2D eigenvalue weighted by Gasteiger charge is 2.66. The van der Waals surface area contributed by atoms with Gasteiger partial charge in [0.1, 0.15) is 11.6 Å². The van der Waals surface area contributed by atoms with E-state index < -0.39 is 64.7 Å². The number of benzene rings is 1. The van der Waals surface area contributed by atoms with Crippen LogP contribution in [0.3, 0.4) is 0 Å². The van der Waals surface area contributed by atoms with Crippen LogP contribution >= 0.6 is 0 Å². The van der Waals surface area contributed by atoms with Crippen molar-refractivity contribution in [1.82, 2.24) is 4.98 Å². The molecule has 2 aromatic rings. The molecule has 1 aromatic carbocycles. The number of hydrogen-bond acceptors (Lipinski definition) is 9. The first-order chi connectivity index (χ1) is 17.4. The zero-order valence-electron chi connectivity index (χ0n) is 19.7. The summed E-state index contributed by atoms with van der Waals surface area (Å²) in [6, 6.07) is 6.20. The topological polar surface area (TPSA) is 194 Å². The molecule has 2 unspecified atom stereocenters. The molecule has 2 amide bonds. The van der Waals surface area contributed by atoms with Gasteiger partial charge in [-0.1, -0.05) is 6.07 Å². The van der Waals surface area contributed by atoms with Gasteiger partial charge >= 0.3 is 0 Å². The second-order valence-electron chi connectivity index (χ2n) is 9.84. The third-order valence-corrected chi connectivity index (χ3v) is 7.66. The van der Waals surface area contributed by atoms with Gasteiger partial charge in [-0.25, -0.2) is 4.98 Å². The van der Waals surface area contributed by atoms with Gasteiger partial charge in [0, 0.05) is 31.0 Å². The van der Waals surface area contributed by atoms with Crippen LogP contribution in [0, 0.1) is 23.7 Å². The van der Waals surface area contributed by atoms with Crippen molar-refractivity contribution >= 4 is 40.8 Å². The lowest BCUT2D eigenvalue weighted by molar-refractivity contribution is -0.175. The Kier molecular flexibility index (Phi) is 5.56. The number of Topliss-reactive ketones (excluding diaryl/α,β-unsaturated/α-hetero) is 4. The number of fused-ring (bicyclic) bond motifs is 3. The molecule has 0 spiro atoms. The number of aliphatic hydroxyl groups is 1. The predicted octanol–water partition coefficient (Wildman–Crippen LogP) is 0.347. The van der Waals surface area contributed by atoms with Crippen LogP contribution in [0.5, 0.6) is 5.75 Å². The lowest BCUT2D eigenvalue weighted by atomic mass is 9.53. The highest BCUT2D eigenvalue weighted by molar-refractivity contribution is 6.31. The first kappa shape index (κ1) is 24.4. The molecule has 1 aromatic heterocycles. The Labute approximate surface area is 210 Å². The number of nitrogens with one attached hydrogen (secondary N) is 1. The maximum Gasteiger partial charge on any atom is 0.235 e. The van der Waals surface area contributed by atoms with E-state index in [1.54, 1.807) is 18.2 Å². The van der Waals surface area contributed by atoms with Crippen LogP contribution in [0.1, 0.15) is 35.7 Å². The second-order valence-corrected chi connectivity index (χ2v) is 9.84. The Morgan fingerprint density at radius 3 is 2.43 bits per heavy atom. The summed E-state index contributed by atoms with van der Waals surface area (Å²) in [5, 5.41) is 24.4. The summed E-state index contributed by atoms with van der Waals surface area (Å²) in [5.41, 5.74) is 4.08. The second kappa shape index (κ2) is 8.41. The molecule has 1 heterocycles. The van der Waals surface area contributed by atoms with Crippen LogP contribution < -0.4 is 11.1 Å². The number of carbonyl (C=O) groups excluding carboxylic acids is 6. The molecule has 2 fully saturated rings. The summed E-state index contributed by atoms with van der Waals surface area (Å²) in [7, 11) is 0. The van der Waals surface area contributed by atoms with E-state index in [9.17, 15) is 39.0 Å². The van der Waals surface area contributed by atoms with Crippen molar-refractivity contribution in [2.75, 3.05) is 5.32 Å². The third kappa shape index (κ3) is 3.57. The fourth-order valence-electron chi connectivity index (χ4n) is 6.05. The van der Waals surface area contributed by atoms with Gasteiger partial charge < -0.3 is 21.3 Å². The number of hydrogen-bond donors (Lipinski definition) is 4. The molecule has 5 N–H and O–H groups in total. The number of nitrogens with two attached hydrogens (primary N) is 1. The Morgan fingerprint density at radius 2 is 1.81 bits per heavy atom. The molecule has 11 heteroatoms. The van der Waals surface area contributed by atoms with E-state index >= 15 is 0 Å². The highest BCUT2D eigenvalue weighted by Crippen LogP contribution is 2.51. The van der Waals surface area contributed by atoms with Crippen LogP contribution in [0.2, 0.25) is 0 Å². The van der Waals surface area contributed by atoms with E-state index in [4.69, 9.17) is 5.73 Å². The number of amides is 2. The molecular formula is C26H23N3O8.